The number of alkyl halides is 6. The molecule has 0 spiro atoms. The van der Waals surface area contributed by atoms with Crippen molar-refractivity contribution in [2.75, 3.05) is 17.3 Å². The smallest absolute Gasteiger partial charge is 0.416 e. The van der Waals surface area contributed by atoms with E-state index in [1.54, 1.807) is 26.8 Å². The number of nitrogens with zero attached hydrogens (tertiary/aromatic N) is 6. The lowest BCUT2D eigenvalue weighted by molar-refractivity contribution is -0.143. The Hall–Kier alpha value is -4.89. The highest BCUT2D eigenvalue weighted by molar-refractivity contribution is 5.91. The number of anilines is 2. The summed E-state index contributed by atoms with van der Waals surface area (Å²) in [5.74, 6) is 0.114. The molecule has 16 heteroatoms. The maximum atomic E-state index is 13.8. The number of aromatic nitrogens is 1. The zero-order valence-electron chi connectivity index (χ0n) is 27.6. The fraction of sp³-hybridized carbons (Fsp3) is 0.424. The maximum absolute atomic E-state index is 13.8. The summed E-state index contributed by atoms with van der Waals surface area (Å²) in [6, 6.07) is 11.2. The van der Waals surface area contributed by atoms with Gasteiger partial charge in [0.25, 0.3) is 0 Å². The van der Waals surface area contributed by atoms with Gasteiger partial charge >= 0.3 is 18.4 Å². The molecule has 2 heterocycles. The van der Waals surface area contributed by atoms with Crippen LogP contribution in [0, 0.1) is 6.92 Å². The summed E-state index contributed by atoms with van der Waals surface area (Å²) in [4.78, 5) is 21.2. The monoisotopic (exact) mass is 692 g/mol. The summed E-state index contributed by atoms with van der Waals surface area (Å²) in [7, 11) is 1.32. The van der Waals surface area contributed by atoms with Crippen molar-refractivity contribution in [2.45, 2.75) is 84.2 Å². The summed E-state index contributed by atoms with van der Waals surface area (Å²) in [5, 5.41) is 14.3. The van der Waals surface area contributed by atoms with Crippen LogP contribution < -0.4 is 16.0 Å². The van der Waals surface area contributed by atoms with Gasteiger partial charge in [-0.05, 0) is 79.8 Å². The number of hydrogen-bond donors (Lipinski definition) is 2. The maximum Gasteiger partial charge on any atom is 0.416 e. The van der Waals surface area contributed by atoms with Crippen LogP contribution in [0.15, 0.2) is 70.0 Å². The number of hydrogen-bond acceptors (Lipinski definition) is 6. The van der Waals surface area contributed by atoms with E-state index in [1.165, 1.54) is 16.8 Å². The van der Waals surface area contributed by atoms with Crippen molar-refractivity contribution < 1.29 is 35.9 Å². The van der Waals surface area contributed by atoms with Gasteiger partial charge in [-0.15, -0.1) is 0 Å². The molecule has 2 unspecified atom stereocenters. The Morgan fingerprint density at radius 2 is 1.69 bits per heavy atom. The zero-order valence-corrected chi connectivity index (χ0v) is 27.6. The van der Waals surface area contributed by atoms with Gasteiger partial charge in [-0.3, -0.25) is 4.90 Å². The van der Waals surface area contributed by atoms with Gasteiger partial charge in [-0.1, -0.05) is 42.4 Å². The molecule has 2 aromatic carbocycles. The number of benzene rings is 2. The Bertz CT molecular complexity index is 1650. The molecule has 1 aliphatic rings. The molecule has 0 aliphatic carbocycles. The molecule has 0 radical (unpaired) electrons. The van der Waals surface area contributed by atoms with E-state index in [4.69, 9.17) is 15.5 Å². The second-order valence-electron chi connectivity index (χ2n) is 11.8. The third kappa shape index (κ3) is 8.97. The van der Waals surface area contributed by atoms with Crippen LogP contribution in [0.2, 0.25) is 0 Å². The predicted molar refractivity (Wildman–Crippen MR) is 173 cm³/mol. The van der Waals surface area contributed by atoms with Crippen molar-refractivity contribution in [3.63, 3.8) is 0 Å². The highest BCUT2D eigenvalue weighted by Gasteiger charge is 2.42. The third-order valence-electron chi connectivity index (χ3n) is 7.87. The molecule has 264 valence electrons. The minimum Gasteiger partial charge on any atom is -0.446 e. The van der Waals surface area contributed by atoms with E-state index in [2.05, 4.69) is 20.8 Å². The summed E-state index contributed by atoms with van der Waals surface area (Å²) in [6.45, 7) is 6.90. The topological polar surface area (TPSA) is 121 Å². The molecule has 4 rings (SSSR count). The van der Waals surface area contributed by atoms with Crippen LogP contribution in [0.3, 0.4) is 0 Å². The Morgan fingerprint density at radius 3 is 2.24 bits per heavy atom. The molecule has 3 aromatic rings. The highest BCUT2D eigenvalue weighted by atomic mass is 19.4. The summed E-state index contributed by atoms with van der Waals surface area (Å²) >= 11 is 0. The van der Waals surface area contributed by atoms with Crippen molar-refractivity contribution in [1.82, 2.24) is 9.88 Å². The van der Waals surface area contributed by atoms with E-state index in [1.807, 2.05) is 37.3 Å². The Morgan fingerprint density at radius 1 is 1.06 bits per heavy atom. The first kappa shape index (κ1) is 36.9. The summed E-state index contributed by atoms with van der Waals surface area (Å²) < 4.78 is 88.4. The molecule has 49 heavy (non-hydrogen) atoms. The number of nitrogens with two attached hydrogens (primary N) is 1. The minimum absolute atomic E-state index is 0.0623. The van der Waals surface area contributed by atoms with Gasteiger partial charge in [0.15, 0.2) is 0 Å². The second kappa shape index (κ2) is 15.1. The number of aryl methyl sites for hydroxylation is 1. The van der Waals surface area contributed by atoms with E-state index in [-0.39, 0.29) is 29.7 Å². The van der Waals surface area contributed by atoms with Crippen LogP contribution in [-0.4, -0.2) is 41.1 Å². The summed E-state index contributed by atoms with van der Waals surface area (Å²) in [6.07, 6.45) is -10.7. The molecule has 1 aliphatic heterocycles. The summed E-state index contributed by atoms with van der Waals surface area (Å²) in [5.41, 5.74) is 5.35. The number of ether oxygens (including phenoxy) is 1. The number of fused-ring (bicyclic) bond motifs is 1. The van der Waals surface area contributed by atoms with Crippen LogP contribution in [-0.2, 0) is 30.2 Å². The van der Waals surface area contributed by atoms with Crippen LogP contribution in [0.4, 0.5) is 42.6 Å². The molecule has 2 atom stereocenters. The van der Waals surface area contributed by atoms with Crippen molar-refractivity contribution in [2.24, 2.45) is 21.2 Å². The SMILES string of the molecule is CCC1CC(N(Cc2cc(C(F)(F)F)cc(C(F)(F)F)c2)/C(N)=N/N=NC)c2nc(NCc3ccccc3)c(C)cc2N1C(=O)OC(C)C. The van der Waals surface area contributed by atoms with Gasteiger partial charge in [-0.2, -0.15) is 31.5 Å². The van der Waals surface area contributed by atoms with Gasteiger partial charge < -0.3 is 20.7 Å². The Kier molecular flexibility index (Phi) is 11.4. The van der Waals surface area contributed by atoms with E-state index in [0.29, 0.717) is 42.2 Å². The molecule has 0 fully saturated rings. The first-order valence-electron chi connectivity index (χ1n) is 15.5. The number of halogens is 6. The number of nitrogens with one attached hydrogen (secondary N) is 1. The molecule has 1 aromatic heterocycles. The Labute approximate surface area is 280 Å². The first-order chi connectivity index (χ1) is 23.0. The first-order valence-corrected chi connectivity index (χ1v) is 15.5. The van der Waals surface area contributed by atoms with Gasteiger partial charge in [0.05, 0.1) is 41.7 Å². The largest absolute Gasteiger partial charge is 0.446 e. The highest BCUT2D eigenvalue weighted by Crippen LogP contribution is 2.44. The van der Waals surface area contributed by atoms with Crippen LogP contribution in [0.25, 0.3) is 0 Å². The number of rotatable bonds is 9. The van der Waals surface area contributed by atoms with Crippen LogP contribution in [0.5, 0.6) is 0 Å². The van der Waals surface area contributed by atoms with Gasteiger partial charge in [-0.25, -0.2) is 9.78 Å². The van der Waals surface area contributed by atoms with Crippen molar-refractivity contribution in [3.05, 3.63) is 88.1 Å². The lowest BCUT2D eigenvalue weighted by Gasteiger charge is -2.44. The molecule has 10 nitrogen and oxygen atoms in total. The van der Waals surface area contributed by atoms with Crippen LogP contribution >= 0.6 is 0 Å². The average molecular weight is 693 g/mol. The molecule has 0 saturated carbocycles. The zero-order chi connectivity index (χ0) is 36.1. The molecule has 1 amide bonds. The quantitative estimate of drug-likeness (QED) is 0.0764. The number of pyridine rings is 1. The van der Waals surface area contributed by atoms with E-state index in [0.717, 1.165) is 5.56 Å². The second-order valence-corrected chi connectivity index (χ2v) is 11.8. The Balaban J connectivity index is 1.91. The van der Waals surface area contributed by atoms with E-state index < -0.39 is 54.3 Å². The molecule has 0 bridgehead atoms. The average Bonchev–Trinajstić information content (AvgIpc) is 3.03. The molecular weight excluding hydrogens is 654 g/mol. The predicted octanol–water partition coefficient (Wildman–Crippen LogP) is 8.43. The molecule has 3 N–H and O–H groups in total. The minimum atomic E-state index is -5.06. The van der Waals surface area contributed by atoms with Gasteiger partial charge in [0, 0.05) is 19.1 Å². The van der Waals surface area contributed by atoms with Gasteiger partial charge in [0.1, 0.15) is 5.82 Å². The molecular formula is C33H38F6N8O2. The lowest BCUT2D eigenvalue weighted by atomic mass is 9.91. The van der Waals surface area contributed by atoms with Crippen molar-refractivity contribution in [1.29, 1.82) is 0 Å². The number of carbonyl (C=O) groups is 1. The van der Waals surface area contributed by atoms with Crippen molar-refractivity contribution >= 4 is 23.6 Å². The van der Waals surface area contributed by atoms with Crippen molar-refractivity contribution in [3.8, 4) is 0 Å². The lowest BCUT2D eigenvalue weighted by Crippen LogP contribution is -2.50. The van der Waals surface area contributed by atoms with E-state index in [9.17, 15) is 31.1 Å². The third-order valence-corrected chi connectivity index (χ3v) is 7.87. The fourth-order valence-corrected chi connectivity index (χ4v) is 5.62. The number of carbonyl (C=O) groups excluding carboxylic acids is 1. The van der Waals surface area contributed by atoms with Crippen LogP contribution in [0.1, 0.15) is 73.2 Å². The molecule has 0 saturated heterocycles. The number of amides is 1. The van der Waals surface area contributed by atoms with Gasteiger partial charge in [0.2, 0.25) is 5.96 Å². The van der Waals surface area contributed by atoms with E-state index >= 15 is 0 Å². The number of guanidine groups is 1. The standard InChI is InChI=1S/C33H38F6N8O2/c1-6-25-16-26(46(30(40)44-45-41-5)18-22-13-23(32(34,35)36)15-24(14-22)33(37,38)39)28-27(47(25)31(48)49-19(2)3)12-20(4)29(43-28)42-17-21-10-8-7-9-11-21/h7-15,19,25-26H,6,16-18H2,1-5H3,(H,42,43)(H2,40,41,44). The normalized spacial score (nSPS) is 17.0. The fourth-order valence-electron chi connectivity index (χ4n) is 5.62.